The van der Waals surface area contributed by atoms with E-state index >= 15 is 0 Å². The zero-order valence-electron chi connectivity index (χ0n) is 7.78. The fraction of sp³-hybridized carbons (Fsp3) is 0.400. The maximum atomic E-state index is 9.55. The molecular weight excluding hydrogens is 200 g/mol. The number of hydrogen-bond donors (Lipinski definition) is 2. The van der Waals surface area contributed by atoms with Crippen LogP contribution in [0.5, 0.6) is 5.75 Å². The summed E-state index contributed by atoms with van der Waals surface area (Å²) >= 11 is 5.84. The molecule has 0 atom stereocenters. The van der Waals surface area contributed by atoms with Gasteiger partial charge in [-0.25, -0.2) is 0 Å². The number of hydrogen-bond acceptors (Lipinski definition) is 3. The highest BCUT2D eigenvalue weighted by Gasteiger charge is 2.23. The van der Waals surface area contributed by atoms with E-state index in [2.05, 4.69) is 4.90 Å². The Morgan fingerprint density at radius 2 is 2.21 bits per heavy atom. The van der Waals surface area contributed by atoms with Crippen molar-refractivity contribution in [3.05, 3.63) is 28.8 Å². The summed E-state index contributed by atoms with van der Waals surface area (Å²) in [5, 5.41) is 10.2. The van der Waals surface area contributed by atoms with Crippen molar-refractivity contribution in [1.82, 2.24) is 4.90 Å². The van der Waals surface area contributed by atoms with Gasteiger partial charge in [0, 0.05) is 36.3 Å². The second-order valence-electron chi connectivity index (χ2n) is 3.73. The van der Waals surface area contributed by atoms with E-state index in [0.717, 1.165) is 25.2 Å². The third-order valence-corrected chi connectivity index (χ3v) is 2.66. The standard InChI is InChI=1S/C10H13ClN2O/c11-8-1-2-10(14)7(3-8)4-13-5-9(12)6-13/h1-3,9,14H,4-6,12H2. The number of phenolic OH excluding ortho intramolecular Hbond substituents is 1. The lowest BCUT2D eigenvalue weighted by molar-refractivity contribution is 0.141. The summed E-state index contributed by atoms with van der Waals surface area (Å²) in [6.45, 7) is 2.51. The van der Waals surface area contributed by atoms with E-state index < -0.39 is 0 Å². The molecule has 0 unspecified atom stereocenters. The maximum Gasteiger partial charge on any atom is 0.120 e. The minimum atomic E-state index is 0.288. The molecule has 0 amide bonds. The summed E-state index contributed by atoms with van der Waals surface area (Å²) < 4.78 is 0. The minimum Gasteiger partial charge on any atom is -0.508 e. The van der Waals surface area contributed by atoms with Gasteiger partial charge in [-0.2, -0.15) is 0 Å². The Balaban J connectivity index is 2.05. The summed E-state index contributed by atoms with van der Waals surface area (Å²) in [4.78, 5) is 2.18. The van der Waals surface area contributed by atoms with Gasteiger partial charge in [0.2, 0.25) is 0 Å². The average Bonchev–Trinajstić information content (AvgIpc) is 2.09. The van der Waals surface area contributed by atoms with Crippen molar-refractivity contribution in [3.8, 4) is 5.75 Å². The first kappa shape index (κ1) is 9.77. The van der Waals surface area contributed by atoms with Crippen LogP contribution in [-0.4, -0.2) is 29.1 Å². The summed E-state index contributed by atoms with van der Waals surface area (Å²) in [6, 6.07) is 5.39. The summed E-state index contributed by atoms with van der Waals surface area (Å²) in [5.41, 5.74) is 6.53. The van der Waals surface area contributed by atoms with Crippen LogP contribution in [0.2, 0.25) is 5.02 Å². The first-order valence-electron chi connectivity index (χ1n) is 4.60. The first-order chi connectivity index (χ1) is 6.65. The van der Waals surface area contributed by atoms with E-state index in [4.69, 9.17) is 17.3 Å². The maximum absolute atomic E-state index is 9.55. The SMILES string of the molecule is NC1CN(Cc2cc(Cl)ccc2O)C1. The normalized spacial score (nSPS) is 18.1. The summed E-state index contributed by atoms with van der Waals surface area (Å²) in [6.07, 6.45) is 0. The molecule has 0 aromatic heterocycles. The molecular formula is C10H13ClN2O. The lowest BCUT2D eigenvalue weighted by Crippen LogP contribution is -2.54. The predicted molar refractivity (Wildman–Crippen MR) is 56.4 cm³/mol. The van der Waals surface area contributed by atoms with Crippen molar-refractivity contribution in [1.29, 1.82) is 0 Å². The molecule has 0 saturated carbocycles. The molecule has 0 bridgehead atoms. The van der Waals surface area contributed by atoms with Crippen LogP contribution in [-0.2, 0) is 6.54 Å². The number of nitrogens with two attached hydrogens (primary N) is 1. The highest BCUT2D eigenvalue weighted by atomic mass is 35.5. The van der Waals surface area contributed by atoms with Gasteiger partial charge in [-0.15, -0.1) is 0 Å². The summed E-state index contributed by atoms with van der Waals surface area (Å²) in [7, 11) is 0. The van der Waals surface area contributed by atoms with Gasteiger partial charge in [-0.3, -0.25) is 4.90 Å². The zero-order valence-corrected chi connectivity index (χ0v) is 8.54. The molecule has 1 saturated heterocycles. The molecule has 0 radical (unpaired) electrons. The van der Waals surface area contributed by atoms with Crippen LogP contribution in [0, 0.1) is 0 Å². The van der Waals surface area contributed by atoms with Gasteiger partial charge in [-0.1, -0.05) is 11.6 Å². The van der Waals surface area contributed by atoms with Crippen LogP contribution < -0.4 is 5.73 Å². The molecule has 1 aliphatic heterocycles. The first-order valence-corrected chi connectivity index (χ1v) is 4.98. The van der Waals surface area contributed by atoms with Crippen molar-refractivity contribution in [2.24, 2.45) is 5.73 Å². The largest absolute Gasteiger partial charge is 0.508 e. The lowest BCUT2D eigenvalue weighted by atomic mass is 10.1. The van der Waals surface area contributed by atoms with E-state index in [1.807, 2.05) is 0 Å². The van der Waals surface area contributed by atoms with Crippen LogP contribution in [0.25, 0.3) is 0 Å². The second kappa shape index (κ2) is 3.77. The molecule has 1 aromatic carbocycles. The quantitative estimate of drug-likeness (QED) is 0.775. The van der Waals surface area contributed by atoms with Crippen molar-refractivity contribution in [3.63, 3.8) is 0 Å². The molecule has 2 rings (SSSR count). The molecule has 1 aliphatic rings. The number of aromatic hydroxyl groups is 1. The number of likely N-dealkylation sites (tertiary alicyclic amines) is 1. The Morgan fingerprint density at radius 3 is 2.86 bits per heavy atom. The van der Waals surface area contributed by atoms with E-state index in [9.17, 15) is 5.11 Å². The summed E-state index contributed by atoms with van der Waals surface area (Å²) in [5.74, 6) is 0.301. The smallest absolute Gasteiger partial charge is 0.120 e. The van der Waals surface area contributed by atoms with E-state index in [0.29, 0.717) is 10.8 Å². The highest BCUT2D eigenvalue weighted by Crippen LogP contribution is 2.24. The van der Waals surface area contributed by atoms with Crippen LogP contribution in [0.4, 0.5) is 0 Å². The minimum absolute atomic E-state index is 0.288. The van der Waals surface area contributed by atoms with Gasteiger partial charge < -0.3 is 10.8 Å². The van der Waals surface area contributed by atoms with Gasteiger partial charge in [0.25, 0.3) is 0 Å². The third kappa shape index (κ3) is 2.00. The Bertz CT molecular complexity index is 337. The fourth-order valence-corrected chi connectivity index (χ4v) is 1.86. The third-order valence-electron chi connectivity index (χ3n) is 2.42. The molecule has 1 heterocycles. The van der Waals surface area contributed by atoms with Crippen LogP contribution in [0.1, 0.15) is 5.56 Å². The van der Waals surface area contributed by atoms with Gasteiger partial charge in [-0.05, 0) is 18.2 Å². The molecule has 1 fully saturated rings. The van der Waals surface area contributed by atoms with Gasteiger partial charge in [0.1, 0.15) is 5.75 Å². The van der Waals surface area contributed by atoms with Crippen molar-refractivity contribution >= 4 is 11.6 Å². The van der Waals surface area contributed by atoms with E-state index in [1.54, 1.807) is 18.2 Å². The molecule has 76 valence electrons. The van der Waals surface area contributed by atoms with E-state index in [1.165, 1.54) is 0 Å². The average molecular weight is 213 g/mol. The molecule has 1 aromatic rings. The van der Waals surface area contributed by atoms with Gasteiger partial charge in [0.05, 0.1) is 0 Å². The van der Waals surface area contributed by atoms with Crippen molar-refractivity contribution < 1.29 is 5.11 Å². The molecule has 3 N–H and O–H groups in total. The monoisotopic (exact) mass is 212 g/mol. The van der Waals surface area contributed by atoms with Crippen LogP contribution >= 0.6 is 11.6 Å². The second-order valence-corrected chi connectivity index (χ2v) is 4.16. The number of rotatable bonds is 2. The molecule has 0 spiro atoms. The molecule has 3 nitrogen and oxygen atoms in total. The highest BCUT2D eigenvalue weighted by molar-refractivity contribution is 6.30. The molecule has 14 heavy (non-hydrogen) atoms. The molecule has 0 aliphatic carbocycles. The Kier molecular flexibility index (Phi) is 2.63. The van der Waals surface area contributed by atoms with E-state index in [-0.39, 0.29) is 6.04 Å². The zero-order chi connectivity index (χ0) is 10.1. The Labute approximate surface area is 88.1 Å². The van der Waals surface area contributed by atoms with Crippen molar-refractivity contribution in [2.75, 3.05) is 13.1 Å². The Morgan fingerprint density at radius 1 is 1.50 bits per heavy atom. The number of benzene rings is 1. The molecule has 4 heteroatoms. The van der Waals surface area contributed by atoms with Gasteiger partial charge >= 0.3 is 0 Å². The van der Waals surface area contributed by atoms with Crippen LogP contribution in [0.15, 0.2) is 18.2 Å². The van der Waals surface area contributed by atoms with Crippen LogP contribution in [0.3, 0.4) is 0 Å². The van der Waals surface area contributed by atoms with Gasteiger partial charge in [0.15, 0.2) is 0 Å². The Hall–Kier alpha value is -0.770. The predicted octanol–water partition coefficient (Wildman–Crippen LogP) is 1.19. The fourth-order valence-electron chi connectivity index (χ4n) is 1.66. The number of phenols is 1. The van der Waals surface area contributed by atoms with Crippen molar-refractivity contribution in [2.45, 2.75) is 12.6 Å². The number of halogens is 1. The lowest BCUT2D eigenvalue weighted by Gasteiger charge is -2.36. The number of nitrogens with zero attached hydrogens (tertiary/aromatic N) is 1. The topological polar surface area (TPSA) is 49.5 Å².